The van der Waals surface area contributed by atoms with Gasteiger partial charge in [0.05, 0.1) is 17.0 Å². The molecule has 1 aromatic carbocycles. The molecule has 5 atom stereocenters. The molecule has 1 aromatic heterocycles. The second kappa shape index (κ2) is 13.7. The van der Waals surface area contributed by atoms with Crippen LogP contribution in [0.3, 0.4) is 0 Å². The van der Waals surface area contributed by atoms with Gasteiger partial charge in [0.25, 0.3) is 0 Å². The normalized spacial score (nSPS) is 29.1. The molecular weight excluding hydrogens is 640 g/mol. The number of carbonyl (C=O) groups excluding carboxylic acids is 3. The van der Waals surface area contributed by atoms with Crippen molar-refractivity contribution in [3.05, 3.63) is 42.6 Å². The van der Waals surface area contributed by atoms with Crippen molar-refractivity contribution in [2.24, 2.45) is 5.92 Å². The van der Waals surface area contributed by atoms with Gasteiger partial charge < -0.3 is 30.1 Å². The molecule has 0 unspecified atom stereocenters. The first-order chi connectivity index (χ1) is 22.9. The first kappa shape index (κ1) is 33.7. The Bertz CT molecular complexity index is 1720. The Kier molecular flexibility index (Phi) is 9.64. The summed E-state index contributed by atoms with van der Waals surface area (Å²) < 4.78 is 36.8. The van der Waals surface area contributed by atoms with Crippen LogP contribution in [0.5, 0.6) is 5.75 Å². The van der Waals surface area contributed by atoms with Crippen molar-refractivity contribution in [2.75, 3.05) is 12.8 Å². The van der Waals surface area contributed by atoms with Crippen molar-refractivity contribution in [1.29, 1.82) is 0 Å². The predicted molar refractivity (Wildman–Crippen MR) is 174 cm³/mol. The van der Waals surface area contributed by atoms with Crippen molar-refractivity contribution in [3.63, 3.8) is 0 Å². The monoisotopic (exact) mass is 682 g/mol. The van der Waals surface area contributed by atoms with Crippen LogP contribution in [0.25, 0.3) is 10.9 Å². The standard InChI is InChI=1S/C34H42N4O9S/c1-48(44,45)28-14-8-13-25-27(15-16-35-30(25)28)46-24-18-26-31(40)37-34(32(41)42)19-21(34)9-4-2-3-5-10-22(17-29(39)38(26)20-24)36-33(43)47-23-11-6-7-12-23/h4,8-9,13-16,21-24,26H,2-3,5-7,10-12,17-20H2,1H3,(H,36,43)(H,37,40)(H,41,42)/b9-4-/t21-,22-,24+,26-,34+/m0/s1. The van der Waals surface area contributed by atoms with Gasteiger partial charge in [0.15, 0.2) is 9.84 Å². The second-order valence-corrected chi connectivity index (χ2v) is 15.4. The number of benzene rings is 1. The first-order valence-electron chi connectivity index (χ1n) is 16.7. The lowest BCUT2D eigenvalue weighted by Gasteiger charge is -2.27. The number of hydrogen-bond donors (Lipinski definition) is 3. The molecule has 48 heavy (non-hydrogen) atoms. The number of fused-ring (bicyclic) bond motifs is 3. The summed E-state index contributed by atoms with van der Waals surface area (Å²) in [6.07, 6.45) is 11.6. The number of amides is 3. The fourth-order valence-electron chi connectivity index (χ4n) is 7.20. The highest BCUT2D eigenvalue weighted by atomic mass is 32.2. The van der Waals surface area contributed by atoms with Gasteiger partial charge in [0.2, 0.25) is 11.8 Å². The van der Waals surface area contributed by atoms with E-state index >= 15 is 0 Å². The molecule has 2 aliphatic carbocycles. The summed E-state index contributed by atoms with van der Waals surface area (Å²) in [5, 5.41) is 16.2. The lowest BCUT2D eigenvalue weighted by Crippen LogP contribution is -2.53. The molecule has 0 bridgehead atoms. The zero-order chi connectivity index (χ0) is 34.1. The summed E-state index contributed by atoms with van der Waals surface area (Å²) in [5.74, 6) is -2.13. The van der Waals surface area contributed by atoms with Crippen molar-refractivity contribution in [3.8, 4) is 5.75 Å². The summed E-state index contributed by atoms with van der Waals surface area (Å²) in [6, 6.07) is 4.80. The molecule has 3 heterocycles. The van der Waals surface area contributed by atoms with E-state index in [2.05, 4.69) is 15.6 Å². The molecule has 13 nitrogen and oxygen atoms in total. The summed E-state index contributed by atoms with van der Waals surface area (Å²) in [7, 11) is -3.58. The molecule has 0 spiro atoms. The van der Waals surface area contributed by atoms with Crippen LogP contribution in [0, 0.1) is 5.92 Å². The molecule has 4 aliphatic rings. The van der Waals surface area contributed by atoms with E-state index in [0.29, 0.717) is 24.0 Å². The van der Waals surface area contributed by atoms with Gasteiger partial charge in [-0.25, -0.2) is 18.0 Å². The predicted octanol–water partition coefficient (Wildman–Crippen LogP) is 3.50. The molecule has 3 amide bonds. The molecule has 3 fully saturated rings. The fourth-order valence-corrected chi connectivity index (χ4v) is 8.04. The number of para-hydroxylation sites is 1. The van der Waals surface area contributed by atoms with Crippen LogP contribution in [0.4, 0.5) is 4.79 Å². The smallest absolute Gasteiger partial charge is 0.407 e. The van der Waals surface area contributed by atoms with Crippen LogP contribution < -0.4 is 15.4 Å². The molecule has 2 aliphatic heterocycles. The number of pyridine rings is 1. The summed E-state index contributed by atoms with van der Waals surface area (Å²) in [4.78, 5) is 58.7. The molecule has 14 heteroatoms. The number of alkyl carbamates (subject to hydrolysis) is 1. The van der Waals surface area contributed by atoms with Gasteiger partial charge in [0, 0.05) is 42.6 Å². The van der Waals surface area contributed by atoms with Crippen molar-refractivity contribution in [1.82, 2.24) is 20.5 Å². The molecule has 258 valence electrons. The summed E-state index contributed by atoms with van der Waals surface area (Å²) in [5.41, 5.74) is -1.20. The van der Waals surface area contributed by atoms with E-state index in [9.17, 15) is 32.7 Å². The number of ether oxygens (including phenoxy) is 2. The van der Waals surface area contributed by atoms with E-state index < -0.39 is 51.5 Å². The molecule has 3 N–H and O–H groups in total. The van der Waals surface area contributed by atoms with E-state index in [4.69, 9.17) is 9.47 Å². The van der Waals surface area contributed by atoms with Gasteiger partial charge in [-0.1, -0.05) is 24.6 Å². The number of nitrogens with zero attached hydrogens (tertiary/aromatic N) is 2. The number of rotatable bonds is 6. The number of allylic oxidation sites excluding steroid dienone is 1. The lowest BCUT2D eigenvalue weighted by molar-refractivity contribution is -0.145. The maximum atomic E-state index is 14.0. The lowest BCUT2D eigenvalue weighted by atomic mass is 10.0. The van der Waals surface area contributed by atoms with E-state index in [0.717, 1.165) is 44.8 Å². The van der Waals surface area contributed by atoms with Gasteiger partial charge >= 0.3 is 12.1 Å². The van der Waals surface area contributed by atoms with Gasteiger partial charge in [-0.05, 0) is 69.6 Å². The number of aromatic nitrogens is 1. The largest absolute Gasteiger partial charge is 0.488 e. The number of aliphatic carboxylic acids is 1. The van der Waals surface area contributed by atoms with Crippen LogP contribution in [-0.4, -0.2) is 89.9 Å². The number of nitrogens with one attached hydrogen (secondary N) is 2. The molecule has 1 saturated heterocycles. The Morgan fingerprint density at radius 2 is 1.85 bits per heavy atom. The van der Waals surface area contributed by atoms with Crippen LogP contribution in [0.2, 0.25) is 0 Å². The molecule has 2 saturated carbocycles. The van der Waals surface area contributed by atoms with E-state index in [1.54, 1.807) is 18.2 Å². The third kappa shape index (κ3) is 7.27. The highest BCUT2D eigenvalue weighted by Gasteiger charge is 2.61. The zero-order valence-electron chi connectivity index (χ0n) is 26.9. The SMILES string of the molecule is CS(=O)(=O)c1cccc2c(O[C@@H]3C[C@H]4C(=O)N[C@]5(C(=O)O)C[C@@H]5/C=C\CCCC[C@H](NC(=O)OC5CCCC5)CC(=O)N4C3)ccnc12. The summed E-state index contributed by atoms with van der Waals surface area (Å²) in [6.45, 7) is 0.0230. The quantitative estimate of drug-likeness (QED) is 0.382. The topological polar surface area (TPSA) is 181 Å². The summed E-state index contributed by atoms with van der Waals surface area (Å²) >= 11 is 0. The van der Waals surface area contributed by atoms with Gasteiger partial charge in [-0.15, -0.1) is 0 Å². The maximum absolute atomic E-state index is 14.0. The Labute approximate surface area is 279 Å². The maximum Gasteiger partial charge on any atom is 0.407 e. The number of sulfone groups is 1. The van der Waals surface area contributed by atoms with Crippen LogP contribution in [0.15, 0.2) is 47.5 Å². The van der Waals surface area contributed by atoms with E-state index in [-0.39, 0.29) is 54.1 Å². The molecular formula is C34H42N4O9S. The van der Waals surface area contributed by atoms with Crippen LogP contribution >= 0.6 is 0 Å². The highest BCUT2D eigenvalue weighted by molar-refractivity contribution is 7.91. The van der Waals surface area contributed by atoms with Gasteiger partial charge in [-0.3, -0.25) is 14.6 Å². The first-order valence-corrected chi connectivity index (χ1v) is 18.6. The number of carboxylic acid groups (broad SMARTS) is 1. The van der Waals surface area contributed by atoms with Crippen molar-refractivity contribution in [2.45, 2.75) is 105 Å². The Morgan fingerprint density at radius 3 is 2.60 bits per heavy atom. The van der Waals surface area contributed by atoms with Crippen LogP contribution in [0.1, 0.15) is 70.6 Å². The van der Waals surface area contributed by atoms with E-state index in [1.165, 1.54) is 17.2 Å². The van der Waals surface area contributed by atoms with Crippen molar-refractivity contribution < 1.29 is 42.2 Å². The number of carboxylic acids is 1. The van der Waals surface area contributed by atoms with E-state index in [1.807, 2.05) is 12.2 Å². The second-order valence-electron chi connectivity index (χ2n) is 13.4. The molecule has 2 aromatic rings. The third-order valence-electron chi connectivity index (χ3n) is 9.88. The molecule has 6 rings (SSSR count). The number of hydrogen-bond acceptors (Lipinski definition) is 9. The minimum atomic E-state index is -3.58. The van der Waals surface area contributed by atoms with Gasteiger partial charge in [0.1, 0.15) is 29.5 Å². The third-order valence-corrected chi connectivity index (χ3v) is 11.0. The van der Waals surface area contributed by atoms with Crippen molar-refractivity contribution >= 4 is 44.6 Å². The minimum absolute atomic E-state index is 0.0230. The highest BCUT2D eigenvalue weighted by Crippen LogP contribution is 2.45. The Hall–Kier alpha value is -4.20. The fraction of sp³-hybridized carbons (Fsp3) is 0.559. The Morgan fingerprint density at radius 1 is 1.08 bits per heavy atom. The minimum Gasteiger partial charge on any atom is -0.488 e. The van der Waals surface area contributed by atoms with Gasteiger partial charge in [-0.2, -0.15) is 0 Å². The average Bonchev–Trinajstić information content (AvgIpc) is 3.32. The Balaban J connectivity index is 1.26. The zero-order valence-corrected chi connectivity index (χ0v) is 27.7. The average molecular weight is 683 g/mol. The molecule has 0 radical (unpaired) electrons. The number of carbonyl (C=O) groups is 4. The van der Waals surface area contributed by atoms with Crippen LogP contribution in [-0.2, 0) is 29.0 Å².